The number of aromatic nitrogens is 2. The van der Waals surface area contributed by atoms with Crippen LogP contribution in [0.25, 0.3) is 11.3 Å². The summed E-state index contributed by atoms with van der Waals surface area (Å²) in [5.41, 5.74) is 9.04. The predicted octanol–water partition coefficient (Wildman–Crippen LogP) is 9.44. The number of carboxylic acids is 1. The van der Waals surface area contributed by atoms with Crippen molar-refractivity contribution in [2.75, 3.05) is 19.8 Å². The molecule has 1 saturated heterocycles. The van der Waals surface area contributed by atoms with Crippen molar-refractivity contribution in [2.45, 2.75) is 125 Å². The van der Waals surface area contributed by atoms with Gasteiger partial charge in [-0.1, -0.05) is 104 Å². The lowest BCUT2D eigenvalue weighted by Crippen LogP contribution is -2.69. The zero-order chi connectivity index (χ0) is 37.6. The number of benzene rings is 1. The van der Waals surface area contributed by atoms with Gasteiger partial charge in [0.05, 0.1) is 43.6 Å². The van der Waals surface area contributed by atoms with Crippen LogP contribution in [-0.4, -0.2) is 52.3 Å². The van der Waals surface area contributed by atoms with Crippen LogP contribution in [0.5, 0.6) is 0 Å². The number of carboxylic acid groups (broad SMARTS) is 1. The summed E-state index contributed by atoms with van der Waals surface area (Å²) in [6.45, 7) is 24.6. The molecule has 3 saturated carbocycles. The van der Waals surface area contributed by atoms with Crippen LogP contribution < -0.4 is 5.73 Å². The molecule has 4 aliphatic carbocycles. The number of aliphatic carboxylic acids is 1. The second-order valence-electron chi connectivity index (χ2n) is 20.0. The quantitative estimate of drug-likeness (QED) is 0.251. The monoisotopic (exact) mass is 714 g/mol. The molecule has 0 radical (unpaired) electrons. The predicted molar refractivity (Wildman–Crippen MR) is 207 cm³/mol. The molecule has 7 rings (SSSR count). The molecule has 0 amide bonds. The lowest BCUT2D eigenvalue weighted by atomic mass is 9.34. The number of carbonyl (C=O) groups is 1. The number of allylic oxidation sites excluding steroid dienone is 1. The number of fused-ring (bicyclic) bond motifs is 3. The Balaban J connectivity index is 1.35. The molecule has 286 valence electrons. The summed E-state index contributed by atoms with van der Waals surface area (Å²) in [7, 11) is 0. The third-order valence-electron chi connectivity index (χ3n) is 17.0. The number of hydrogen-bond donors (Lipinski definition) is 2. The van der Waals surface area contributed by atoms with Gasteiger partial charge in [0.25, 0.3) is 0 Å². The molecule has 2 heterocycles. The van der Waals surface area contributed by atoms with Crippen molar-refractivity contribution in [1.82, 2.24) is 9.78 Å². The van der Waals surface area contributed by atoms with Crippen LogP contribution in [-0.2, 0) is 14.3 Å². The van der Waals surface area contributed by atoms with E-state index in [1.54, 1.807) is 5.57 Å². The minimum Gasteiger partial charge on any atom is -0.481 e. The molecule has 7 heteroatoms. The lowest BCUT2D eigenvalue weighted by molar-refractivity contribution is -0.252. The van der Waals surface area contributed by atoms with E-state index in [2.05, 4.69) is 116 Å². The Bertz CT molecular complexity index is 1680. The summed E-state index contributed by atoms with van der Waals surface area (Å²) in [4.78, 5) is 13.6. The van der Waals surface area contributed by atoms with Crippen LogP contribution in [0.15, 0.2) is 54.2 Å². The van der Waals surface area contributed by atoms with E-state index >= 15 is 0 Å². The Morgan fingerprint density at radius 1 is 1.04 bits per heavy atom. The highest BCUT2D eigenvalue weighted by Gasteiger charge is 2.72. The van der Waals surface area contributed by atoms with Gasteiger partial charge < -0.3 is 20.3 Å². The molecule has 1 aromatic carbocycles. The van der Waals surface area contributed by atoms with Crippen molar-refractivity contribution < 1.29 is 19.4 Å². The summed E-state index contributed by atoms with van der Waals surface area (Å²) in [5, 5.41) is 16.2. The Morgan fingerprint density at radius 3 is 2.40 bits per heavy atom. The molecule has 0 spiro atoms. The van der Waals surface area contributed by atoms with Crippen molar-refractivity contribution in [1.29, 1.82) is 0 Å². The molecule has 1 aliphatic heterocycles. The molecule has 1 aromatic heterocycles. The summed E-state index contributed by atoms with van der Waals surface area (Å²) < 4.78 is 16.3. The van der Waals surface area contributed by atoms with E-state index in [4.69, 9.17) is 20.3 Å². The molecule has 12 atom stereocenters. The standard InChI is InChI=1S/C45H67N3O4/c1-28(2)30(5)40(6)21-22-42(8)32-16-17-36-41(7)25-51-27-45(36,33(32)18-20-43(42,9)37(40)39(49)50)24-35(38(41)52-26-44(10,46)29(3)4)48-34(19-23-47-48)31-14-12-11-13-15-31/h11-15,18-19,23,28-30,32,35-38H,16-17,20-22,24-27,46H2,1-10H3,(H,49,50)/t30-,32+,35-,36+,37-,38+,40-,41-,42-,43+,44+,45+/m1/s1. The van der Waals surface area contributed by atoms with Crippen LogP contribution in [0, 0.1) is 62.6 Å². The largest absolute Gasteiger partial charge is 0.481 e. The summed E-state index contributed by atoms with van der Waals surface area (Å²) in [5.74, 6) is 0.688. The third-order valence-corrected chi connectivity index (χ3v) is 17.0. The van der Waals surface area contributed by atoms with E-state index in [0.717, 1.165) is 49.8 Å². The molecule has 2 bridgehead atoms. The van der Waals surface area contributed by atoms with Gasteiger partial charge in [0.15, 0.2) is 0 Å². The van der Waals surface area contributed by atoms with Gasteiger partial charge >= 0.3 is 5.97 Å². The van der Waals surface area contributed by atoms with E-state index < -0.39 is 17.4 Å². The molecule has 4 fully saturated rings. The Labute approximate surface area is 313 Å². The molecule has 7 nitrogen and oxygen atoms in total. The normalized spacial score (nSPS) is 41.7. The number of nitrogens with two attached hydrogens (primary N) is 1. The Kier molecular flexibility index (Phi) is 9.31. The maximum absolute atomic E-state index is 13.6. The summed E-state index contributed by atoms with van der Waals surface area (Å²) in [6.07, 6.45) is 10.2. The SMILES string of the molecule is CC(C)[C@@H](C)[C@@]1(C)CC[C@]2(C)[C@H]3CC[C@@H]4[C@@]5(COC[C@@]4(C)[C@@H](OC[C@](C)(N)C(C)C)[C@H](n4nccc4-c4ccccc4)C5)C3=CC[C@@]2(C)[C@@H]1C(=O)O. The second kappa shape index (κ2) is 12.8. The highest BCUT2D eigenvalue weighted by Crippen LogP contribution is 2.75. The zero-order valence-corrected chi connectivity index (χ0v) is 33.7. The fraction of sp³-hybridized carbons (Fsp3) is 0.733. The minimum absolute atomic E-state index is 0.0209. The van der Waals surface area contributed by atoms with E-state index in [0.29, 0.717) is 43.5 Å². The van der Waals surface area contributed by atoms with Crippen molar-refractivity contribution in [3.05, 3.63) is 54.2 Å². The van der Waals surface area contributed by atoms with Crippen molar-refractivity contribution >= 4 is 5.97 Å². The van der Waals surface area contributed by atoms with Crippen LogP contribution in [0.1, 0.15) is 114 Å². The van der Waals surface area contributed by atoms with Crippen molar-refractivity contribution in [3.8, 4) is 11.3 Å². The lowest BCUT2D eigenvalue weighted by Gasteiger charge is -2.71. The number of nitrogens with zero attached hydrogens (tertiary/aromatic N) is 2. The van der Waals surface area contributed by atoms with Gasteiger partial charge in [-0.25, -0.2) is 0 Å². The van der Waals surface area contributed by atoms with E-state index in [-0.39, 0.29) is 45.1 Å². The zero-order valence-electron chi connectivity index (χ0n) is 33.7. The van der Waals surface area contributed by atoms with Crippen LogP contribution in [0.4, 0.5) is 0 Å². The molecular weight excluding hydrogens is 647 g/mol. The fourth-order valence-electron chi connectivity index (χ4n) is 13.0. The Hall–Kier alpha value is -2.48. The average Bonchev–Trinajstić information content (AvgIpc) is 3.58. The highest BCUT2D eigenvalue weighted by molar-refractivity contribution is 5.73. The summed E-state index contributed by atoms with van der Waals surface area (Å²) >= 11 is 0. The molecule has 2 aromatic rings. The molecule has 5 aliphatic rings. The van der Waals surface area contributed by atoms with Gasteiger partial charge in [0, 0.05) is 22.6 Å². The van der Waals surface area contributed by atoms with E-state index in [9.17, 15) is 9.90 Å². The minimum atomic E-state index is -0.612. The van der Waals surface area contributed by atoms with E-state index in [1.165, 1.54) is 0 Å². The second-order valence-corrected chi connectivity index (χ2v) is 20.0. The fourth-order valence-corrected chi connectivity index (χ4v) is 13.0. The third kappa shape index (κ3) is 5.28. The number of hydrogen-bond acceptors (Lipinski definition) is 5. The van der Waals surface area contributed by atoms with Gasteiger partial charge in [-0.2, -0.15) is 5.10 Å². The Morgan fingerprint density at radius 2 is 1.75 bits per heavy atom. The first-order valence-electron chi connectivity index (χ1n) is 20.4. The molecule has 3 N–H and O–H groups in total. The van der Waals surface area contributed by atoms with Gasteiger partial charge in [-0.05, 0) is 103 Å². The number of rotatable bonds is 9. The van der Waals surface area contributed by atoms with Crippen molar-refractivity contribution in [3.63, 3.8) is 0 Å². The number of ether oxygens (including phenoxy) is 2. The first-order valence-corrected chi connectivity index (χ1v) is 20.4. The maximum atomic E-state index is 13.6. The van der Waals surface area contributed by atoms with Gasteiger partial charge in [0.2, 0.25) is 0 Å². The average molecular weight is 714 g/mol. The molecule has 52 heavy (non-hydrogen) atoms. The van der Waals surface area contributed by atoms with Crippen LogP contribution in [0.3, 0.4) is 0 Å². The smallest absolute Gasteiger partial charge is 0.307 e. The first kappa shape index (κ1) is 37.8. The van der Waals surface area contributed by atoms with Gasteiger partial charge in [0.1, 0.15) is 0 Å². The van der Waals surface area contributed by atoms with Crippen molar-refractivity contribution in [2.24, 2.45) is 68.3 Å². The molecule has 0 unspecified atom stereocenters. The van der Waals surface area contributed by atoms with Gasteiger partial charge in [-0.15, -0.1) is 0 Å². The highest BCUT2D eigenvalue weighted by atomic mass is 16.5. The summed E-state index contributed by atoms with van der Waals surface area (Å²) in [6, 6.07) is 12.7. The molecular formula is C45H67N3O4. The van der Waals surface area contributed by atoms with Gasteiger partial charge in [-0.3, -0.25) is 9.48 Å². The first-order chi connectivity index (χ1) is 24.4. The maximum Gasteiger partial charge on any atom is 0.307 e. The van der Waals surface area contributed by atoms with Crippen LogP contribution in [0.2, 0.25) is 0 Å². The topological polar surface area (TPSA) is 99.6 Å². The van der Waals surface area contributed by atoms with Crippen LogP contribution >= 0.6 is 0 Å². The van der Waals surface area contributed by atoms with E-state index in [1.807, 2.05) is 6.20 Å².